The summed E-state index contributed by atoms with van der Waals surface area (Å²) in [7, 11) is 0. The lowest BCUT2D eigenvalue weighted by Crippen LogP contribution is -2.31. The first kappa shape index (κ1) is 11.7. The number of fused-ring (bicyclic) bond motifs is 1. The van der Waals surface area contributed by atoms with Gasteiger partial charge >= 0.3 is 0 Å². The molecule has 1 aromatic rings. The van der Waals surface area contributed by atoms with Gasteiger partial charge in [-0.05, 0) is 18.1 Å². The quantitative estimate of drug-likeness (QED) is 0.845. The summed E-state index contributed by atoms with van der Waals surface area (Å²) in [5.74, 6) is 0.581. The van der Waals surface area contributed by atoms with Crippen molar-refractivity contribution in [3.8, 4) is 0 Å². The molecule has 0 amide bonds. The molecule has 16 heavy (non-hydrogen) atoms. The fourth-order valence-corrected chi connectivity index (χ4v) is 2.43. The van der Waals surface area contributed by atoms with Crippen molar-refractivity contribution in [1.29, 1.82) is 0 Å². The first-order valence-corrected chi connectivity index (χ1v) is 6.32. The zero-order valence-electron chi connectivity index (χ0n) is 9.89. The minimum Gasteiger partial charge on any atom is -0.384 e. The van der Waals surface area contributed by atoms with Gasteiger partial charge in [-0.1, -0.05) is 37.6 Å². The van der Waals surface area contributed by atoms with Gasteiger partial charge in [0.15, 0.2) is 0 Å². The Hall–Kier alpha value is -0.730. The molecule has 0 spiro atoms. The summed E-state index contributed by atoms with van der Waals surface area (Å²) >= 11 is 6.19. The predicted octanol–water partition coefficient (Wildman–Crippen LogP) is 3.24. The van der Waals surface area contributed by atoms with Crippen molar-refractivity contribution in [1.82, 2.24) is 5.32 Å². The molecule has 2 nitrogen and oxygen atoms in total. The predicted molar refractivity (Wildman–Crippen MR) is 70.4 cm³/mol. The van der Waals surface area contributed by atoms with Crippen LogP contribution in [0.3, 0.4) is 0 Å². The van der Waals surface area contributed by atoms with Gasteiger partial charge in [0.05, 0.1) is 10.7 Å². The van der Waals surface area contributed by atoms with E-state index in [-0.39, 0.29) is 0 Å². The number of nitrogens with one attached hydrogen (secondary N) is 2. The third kappa shape index (κ3) is 2.50. The fourth-order valence-electron chi connectivity index (χ4n) is 2.18. The number of hydrogen-bond donors (Lipinski definition) is 2. The van der Waals surface area contributed by atoms with Gasteiger partial charge in [0, 0.05) is 25.0 Å². The molecule has 0 aliphatic carbocycles. The van der Waals surface area contributed by atoms with E-state index in [1.165, 1.54) is 12.0 Å². The van der Waals surface area contributed by atoms with Crippen LogP contribution < -0.4 is 10.6 Å². The van der Waals surface area contributed by atoms with E-state index in [2.05, 4.69) is 30.5 Å². The lowest BCUT2D eigenvalue weighted by Gasteiger charge is -2.28. The Kier molecular flexibility index (Phi) is 3.72. The van der Waals surface area contributed by atoms with Gasteiger partial charge in [-0.2, -0.15) is 0 Å². The number of rotatable bonds is 3. The first-order chi connectivity index (χ1) is 7.68. The van der Waals surface area contributed by atoms with Crippen LogP contribution in [0.4, 0.5) is 5.69 Å². The third-order valence-corrected chi connectivity index (χ3v) is 3.37. The Morgan fingerprint density at radius 3 is 3.06 bits per heavy atom. The number of hydrogen-bond acceptors (Lipinski definition) is 2. The molecular weight excluding hydrogens is 220 g/mol. The molecule has 1 aromatic carbocycles. The maximum Gasteiger partial charge on any atom is 0.0640 e. The SMILES string of the molecule is CC(C)NCC1CCNc2c(Cl)cccc21. The summed E-state index contributed by atoms with van der Waals surface area (Å²) in [6.45, 7) is 6.41. The zero-order chi connectivity index (χ0) is 11.5. The van der Waals surface area contributed by atoms with Crippen LogP contribution in [-0.4, -0.2) is 19.1 Å². The van der Waals surface area contributed by atoms with Crippen LogP contribution >= 0.6 is 11.6 Å². The molecule has 1 atom stereocenters. The van der Waals surface area contributed by atoms with E-state index in [0.717, 1.165) is 23.8 Å². The summed E-state index contributed by atoms with van der Waals surface area (Å²) < 4.78 is 0. The summed E-state index contributed by atoms with van der Waals surface area (Å²) in [6, 6.07) is 6.71. The maximum atomic E-state index is 6.19. The molecule has 1 aliphatic rings. The van der Waals surface area contributed by atoms with Crippen LogP contribution in [0.15, 0.2) is 18.2 Å². The van der Waals surface area contributed by atoms with Crippen LogP contribution in [0.1, 0.15) is 31.7 Å². The molecule has 0 fully saturated rings. The smallest absolute Gasteiger partial charge is 0.0640 e. The molecule has 1 heterocycles. The van der Waals surface area contributed by atoms with Crippen molar-refractivity contribution in [2.24, 2.45) is 0 Å². The molecule has 88 valence electrons. The second kappa shape index (κ2) is 5.07. The van der Waals surface area contributed by atoms with Gasteiger partial charge in [-0.15, -0.1) is 0 Å². The fraction of sp³-hybridized carbons (Fsp3) is 0.538. The van der Waals surface area contributed by atoms with Gasteiger partial charge in [-0.3, -0.25) is 0 Å². The van der Waals surface area contributed by atoms with E-state index in [0.29, 0.717) is 12.0 Å². The van der Waals surface area contributed by atoms with Crippen LogP contribution in [0.25, 0.3) is 0 Å². The summed E-state index contributed by atoms with van der Waals surface area (Å²) in [5, 5.41) is 7.73. The number of anilines is 1. The Morgan fingerprint density at radius 1 is 1.50 bits per heavy atom. The van der Waals surface area contributed by atoms with Crippen molar-refractivity contribution in [3.63, 3.8) is 0 Å². The average Bonchev–Trinajstić information content (AvgIpc) is 2.27. The van der Waals surface area contributed by atoms with Crippen LogP contribution in [0.2, 0.25) is 5.02 Å². The second-order valence-corrected chi connectivity index (χ2v) is 5.09. The van der Waals surface area contributed by atoms with Gasteiger partial charge in [-0.25, -0.2) is 0 Å². The third-order valence-electron chi connectivity index (χ3n) is 3.05. The number of para-hydroxylation sites is 1. The van der Waals surface area contributed by atoms with E-state index in [1.807, 2.05) is 12.1 Å². The standard InChI is InChI=1S/C13H19ClN2/c1-9(2)16-8-10-6-7-15-13-11(10)4-3-5-12(13)14/h3-5,9-10,15-16H,6-8H2,1-2H3. The van der Waals surface area contributed by atoms with Gasteiger partial charge in [0.25, 0.3) is 0 Å². The van der Waals surface area contributed by atoms with Crippen LogP contribution in [0, 0.1) is 0 Å². The van der Waals surface area contributed by atoms with Crippen molar-refractivity contribution < 1.29 is 0 Å². The Bertz CT molecular complexity index is 363. The molecule has 0 saturated carbocycles. The van der Waals surface area contributed by atoms with Crippen LogP contribution in [-0.2, 0) is 0 Å². The van der Waals surface area contributed by atoms with E-state index in [9.17, 15) is 0 Å². The van der Waals surface area contributed by atoms with Gasteiger partial charge in [0.2, 0.25) is 0 Å². The van der Waals surface area contributed by atoms with Gasteiger partial charge < -0.3 is 10.6 Å². The highest BCUT2D eigenvalue weighted by Gasteiger charge is 2.21. The minimum absolute atomic E-state index is 0.539. The normalized spacial score (nSPS) is 19.4. The van der Waals surface area contributed by atoms with E-state index < -0.39 is 0 Å². The molecule has 2 rings (SSSR count). The highest BCUT2D eigenvalue weighted by atomic mass is 35.5. The lowest BCUT2D eigenvalue weighted by molar-refractivity contribution is 0.509. The average molecular weight is 239 g/mol. The van der Waals surface area contributed by atoms with Crippen LogP contribution in [0.5, 0.6) is 0 Å². The molecule has 0 saturated heterocycles. The Balaban J connectivity index is 2.16. The zero-order valence-corrected chi connectivity index (χ0v) is 10.6. The maximum absolute atomic E-state index is 6.19. The topological polar surface area (TPSA) is 24.1 Å². The molecule has 0 bridgehead atoms. The number of benzene rings is 1. The number of halogens is 1. The van der Waals surface area contributed by atoms with Crippen molar-refractivity contribution in [2.45, 2.75) is 32.2 Å². The molecule has 2 N–H and O–H groups in total. The molecular formula is C13H19ClN2. The summed E-state index contributed by atoms with van der Waals surface area (Å²) in [6.07, 6.45) is 1.17. The minimum atomic E-state index is 0.539. The van der Waals surface area contributed by atoms with E-state index >= 15 is 0 Å². The van der Waals surface area contributed by atoms with Crippen molar-refractivity contribution in [3.05, 3.63) is 28.8 Å². The lowest BCUT2D eigenvalue weighted by atomic mass is 9.91. The monoisotopic (exact) mass is 238 g/mol. The molecule has 0 radical (unpaired) electrons. The Labute approximate surface area is 102 Å². The molecule has 1 unspecified atom stereocenters. The summed E-state index contributed by atoms with van der Waals surface area (Å²) in [4.78, 5) is 0. The summed E-state index contributed by atoms with van der Waals surface area (Å²) in [5.41, 5.74) is 2.48. The largest absolute Gasteiger partial charge is 0.384 e. The second-order valence-electron chi connectivity index (χ2n) is 4.68. The van der Waals surface area contributed by atoms with E-state index in [4.69, 9.17) is 11.6 Å². The highest BCUT2D eigenvalue weighted by Crippen LogP contribution is 2.35. The highest BCUT2D eigenvalue weighted by molar-refractivity contribution is 6.33. The molecule has 1 aliphatic heterocycles. The molecule has 0 aromatic heterocycles. The molecule has 3 heteroatoms. The van der Waals surface area contributed by atoms with Gasteiger partial charge in [0.1, 0.15) is 0 Å². The Morgan fingerprint density at radius 2 is 2.31 bits per heavy atom. The first-order valence-electron chi connectivity index (χ1n) is 5.94. The van der Waals surface area contributed by atoms with Crippen molar-refractivity contribution in [2.75, 3.05) is 18.4 Å². The van der Waals surface area contributed by atoms with E-state index in [1.54, 1.807) is 0 Å². The van der Waals surface area contributed by atoms with Crippen molar-refractivity contribution >= 4 is 17.3 Å².